The van der Waals surface area contributed by atoms with Crippen molar-refractivity contribution in [1.29, 1.82) is 0 Å². The maximum Gasteiger partial charge on any atom is 0.307 e. The van der Waals surface area contributed by atoms with Crippen LogP contribution in [-0.4, -0.2) is 55.2 Å². The summed E-state index contributed by atoms with van der Waals surface area (Å²) in [5.74, 6) is -0.277. The smallest absolute Gasteiger partial charge is 0.307 e. The number of nitrogens with zero attached hydrogens (tertiary/aromatic N) is 2. The number of halogens is 1. The van der Waals surface area contributed by atoms with Crippen LogP contribution in [-0.2, 0) is 9.63 Å². The van der Waals surface area contributed by atoms with E-state index in [2.05, 4.69) is 10.1 Å². The van der Waals surface area contributed by atoms with E-state index < -0.39 is 5.97 Å². The molecule has 4 rings (SSSR count). The Labute approximate surface area is 173 Å². The van der Waals surface area contributed by atoms with Gasteiger partial charge < -0.3 is 19.4 Å². The number of carbonyl (C=O) groups is 1. The number of hydrogen-bond donors (Lipinski definition) is 1. The molecule has 1 saturated heterocycles. The monoisotopic (exact) mass is 414 g/mol. The number of ether oxygens (including phenoxy) is 2. The van der Waals surface area contributed by atoms with Gasteiger partial charge in [-0.25, -0.2) is 4.39 Å². The van der Waals surface area contributed by atoms with E-state index in [0.717, 1.165) is 13.0 Å². The minimum atomic E-state index is -0.748. The Morgan fingerprint density at radius 1 is 1.27 bits per heavy atom. The molecule has 30 heavy (non-hydrogen) atoms. The third-order valence-corrected chi connectivity index (χ3v) is 5.33. The lowest BCUT2D eigenvalue weighted by atomic mass is 9.98. The molecule has 1 fully saturated rings. The number of benzene rings is 2. The molecule has 2 aromatic carbocycles. The first-order valence-electron chi connectivity index (χ1n) is 9.91. The summed E-state index contributed by atoms with van der Waals surface area (Å²) in [6, 6.07) is 9.99. The van der Waals surface area contributed by atoms with Crippen LogP contribution >= 0.6 is 0 Å². The fourth-order valence-corrected chi connectivity index (χ4v) is 3.75. The van der Waals surface area contributed by atoms with E-state index in [1.54, 1.807) is 30.3 Å². The van der Waals surface area contributed by atoms with E-state index in [0.29, 0.717) is 54.3 Å². The molecule has 2 aromatic rings. The van der Waals surface area contributed by atoms with Crippen molar-refractivity contribution in [1.82, 2.24) is 4.90 Å². The van der Waals surface area contributed by atoms with Crippen LogP contribution < -0.4 is 9.47 Å². The van der Waals surface area contributed by atoms with E-state index in [9.17, 15) is 14.3 Å². The second kappa shape index (κ2) is 9.13. The topological polar surface area (TPSA) is 80.6 Å². The molecule has 2 aliphatic heterocycles. The van der Waals surface area contributed by atoms with Crippen LogP contribution in [0.4, 0.5) is 4.39 Å². The summed E-state index contributed by atoms with van der Waals surface area (Å²) in [7, 11) is 0. The molecule has 7 nitrogen and oxygen atoms in total. The number of likely N-dealkylation sites (tertiary alicyclic amines) is 1. The predicted octanol–water partition coefficient (Wildman–Crippen LogP) is 3.37. The average Bonchev–Trinajstić information content (AvgIpc) is 3.21. The fourth-order valence-electron chi connectivity index (χ4n) is 3.75. The maximum absolute atomic E-state index is 14.3. The second-order valence-corrected chi connectivity index (χ2v) is 7.32. The minimum absolute atomic E-state index is 0.121. The van der Waals surface area contributed by atoms with E-state index in [4.69, 9.17) is 14.3 Å². The molecule has 1 atom stereocenters. The van der Waals surface area contributed by atoms with Gasteiger partial charge >= 0.3 is 5.97 Å². The fraction of sp³-hybridized carbons (Fsp3) is 0.364. The quantitative estimate of drug-likeness (QED) is 0.425. The Kier molecular flexibility index (Phi) is 6.13. The summed E-state index contributed by atoms with van der Waals surface area (Å²) >= 11 is 0. The second-order valence-electron chi connectivity index (χ2n) is 7.32. The van der Waals surface area contributed by atoms with Crippen LogP contribution in [0.3, 0.4) is 0 Å². The molecular weight excluding hydrogens is 391 g/mol. The van der Waals surface area contributed by atoms with Gasteiger partial charge in [-0.1, -0.05) is 23.4 Å². The maximum atomic E-state index is 14.3. The highest BCUT2D eigenvalue weighted by Gasteiger charge is 2.25. The number of aliphatic carboxylic acids is 1. The van der Waals surface area contributed by atoms with Crippen molar-refractivity contribution in [2.45, 2.75) is 12.8 Å². The Bertz CT molecular complexity index is 949. The summed E-state index contributed by atoms with van der Waals surface area (Å²) in [6.45, 7) is 2.44. The molecule has 0 bridgehead atoms. The van der Waals surface area contributed by atoms with Gasteiger partial charge in [-0.05, 0) is 43.1 Å². The van der Waals surface area contributed by atoms with Gasteiger partial charge in [0.2, 0.25) is 6.79 Å². The molecular formula is C22H23FN2O5. The largest absolute Gasteiger partial charge is 0.481 e. The van der Waals surface area contributed by atoms with Crippen molar-refractivity contribution in [2.24, 2.45) is 11.1 Å². The van der Waals surface area contributed by atoms with Crippen LogP contribution in [0.25, 0.3) is 11.1 Å². The van der Waals surface area contributed by atoms with Gasteiger partial charge in [-0.2, -0.15) is 0 Å². The van der Waals surface area contributed by atoms with Crippen molar-refractivity contribution in [2.75, 3.05) is 33.0 Å². The van der Waals surface area contributed by atoms with Crippen molar-refractivity contribution < 1.29 is 28.6 Å². The third-order valence-electron chi connectivity index (χ3n) is 5.33. The molecule has 0 radical (unpaired) electrons. The molecule has 1 N–H and O–H groups in total. The van der Waals surface area contributed by atoms with Gasteiger partial charge in [0.05, 0.1) is 12.1 Å². The SMILES string of the molecule is O=C(O)C1CCCN(CCO/N=C/c2cc3c(cc2-c2ccccc2F)OCO3)C1. The van der Waals surface area contributed by atoms with Crippen molar-refractivity contribution in [3.05, 3.63) is 47.8 Å². The lowest BCUT2D eigenvalue weighted by Crippen LogP contribution is -2.40. The highest BCUT2D eigenvalue weighted by Crippen LogP contribution is 2.38. The van der Waals surface area contributed by atoms with Gasteiger partial charge in [-0.3, -0.25) is 9.69 Å². The minimum Gasteiger partial charge on any atom is -0.481 e. The lowest BCUT2D eigenvalue weighted by Gasteiger charge is -2.29. The molecule has 0 saturated carbocycles. The number of piperidine rings is 1. The van der Waals surface area contributed by atoms with Gasteiger partial charge in [0, 0.05) is 24.2 Å². The van der Waals surface area contributed by atoms with Crippen LogP contribution in [0.1, 0.15) is 18.4 Å². The van der Waals surface area contributed by atoms with Gasteiger partial charge in [-0.15, -0.1) is 0 Å². The molecule has 8 heteroatoms. The van der Waals surface area contributed by atoms with Gasteiger partial charge in [0.15, 0.2) is 11.5 Å². The van der Waals surface area contributed by atoms with Crippen LogP contribution in [0.15, 0.2) is 41.6 Å². The van der Waals surface area contributed by atoms with Crippen molar-refractivity contribution in [3.8, 4) is 22.6 Å². The molecule has 2 aliphatic rings. The molecule has 1 unspecified atom stereocenters. The Morgan fingerprint density at radius 3 is 2.87 bits per heavy atom. The lowest BCUT2D eigenvalue weighted by molar-refractivity contribution is -0.143. The van der Waals surface area contributed by atoms with Crippen LogP contribution in [0.5, 0.6) is 11.5 Å². The normalized spacial score (nSPS) is 18.6. The summed E-state index contributed by atoms with van der Waals surface area (Å²) in [5.41, 5.74) is 1.71. The zero-order valence-electron chi connectivity index (χ0n) is 16.4. The highest BCUT2D eigenvalue weighted by molar-refractivity contribution is 5.92. The molecule has 0 aliphatic carbocycles. The zero-order valence-corrected chi connectivity index (χ0v) is 16.4. The first kappa shape index (κ1) is 20.2. The van der Waals surface area contributed by atoms with Crippen molar-refractivity contribution >= 4 is 12.2 Å². The van der Waals surface area contributed by atoms with E-state index in [1.165, 1.54) is 12.3 Å². The number of fused-ring (bicyclic) bond motifs is 1. The van der Waals surface area contributed by atoms with Gasteiger partial charge in [0.25, 0.3) is 0 Å². The van der Waals surface area contributed by atoms with Gasteiger partial charge in [0.1, 0.15) is 12.4 Å². The first-order chi connectivity index (χ1) is 14.6. The van der Waals surface area contributed by atoms with Crippen LogP contribution in [0.2, 0.25) is 0 Å². The standard InChI is InChI=1S/C22H23FN2O5/c23-19-6-2-1-5-17(19)18-11-21-20(28-14-29-21)10-16(18)12-24-30-9-8-25-7-3-4-15(13-25)22(26)27/h1-2,5-6,10-12,15H,3-4,7-9,13-14H2,(H,26,27)/b24-12+. The zero-order chi connectivity index (χ0) is 20.9. The molecule has 2 heterocycles. The molecule has 0 amide bonds. The van der Waals surface area contributed by atoms with E-state index >= 15 is 0 Å². The number of oxime groups is 1. The van der Waals surface area contributed by atoms with Crippen molar-refractivity contribution in [3.63, 3.8) is 0 Å². The van der Waals surface area contributed by atoms with Crippen LogP contribution in [0, 0.1) is 11.7 Å². The number of hydrogen-bond acceptors (Lipinski definition) is 6. The molecule has 0 spiro atoms. The summed E-state index contributed by atoms with van der Waals surface area (Å²) in [6.07, 6.45) is 3.11. The molecule has 158 valence electrons. The number of rotatable bonds is 7. The predicted molar refractivity (Wildman–Crippen MR) is 108 cm³/mol. The number of carboxylic acids is 1. The summed E-state index contributed by atoms with van der Waals surface area (Å²) in [5, 5.41) is 13.2. The Balaban J connectivity index is 1.42. The Hall–Kier alpha value is -3.13. The summed E-state index contributed by atoms with van der Waals surface area (Å²) < 4.78 is 25.2. The Morgan fingerprint density at radius 2 is 2.07 bits per heavy atom. The summed E-state index contributed by atoms with van der Waals surface area (Å²) in [4.78, 5) is 18.6. The average molecular weight is 414 g/mol. The molecule has 0 aromatic heterocycles. The first-order valence-corrected chi connectivity index (χ1v) is 9.91. The number of carboxylic acid groups (broad SMARTS) is 1. The third kappa shape index (κ3) is 4.54. The van der Waals surface area contributed by atoms with E-state index in [1.807, 2.05) is 0 Å². The van der Waals surface area contributed by atoms with E-state index in [-0.39, 0.29) is 18.5 Å². The highest BCUT2D eigenvalue weighted by atomic mass is 19.1.